The molecule has 11 heavy (non-hydrogen) atoms. The molecule has 0 aliphatic carbocycles. The van der Waals surface area contributed by atoms with Gasteiger partial charge in [0.1, 0.15) is 0 Å². The third-order valence-corrected chi connectivity index (χ3v) is 1.58. The first-order chi connectivity index (χ1) is 5.06. The van der Waals surface area contributed by atoms with E-state index >= 15 is 0 Å². The van der Waals surface area contributed by atoms with Crippen molar-refractivity contribution in [3.63, 3.8) is 0 Å². The second kappa shape index (κ2) is 5.36. The Morgan fingerprint density at radius 2 is 2.00 bits per heavy atom. The average molecular weight is 182 g/mol. The topological polar surface area (TPSA) is 0 Å². The van der Waals surface area contributed by atoms with E-state index in [0.29, 0.717) is 6.42 Å². The fraction of sp³-hybridized carbons (Fsp3) is 0.714. The van der Waals surface area contributed by atoms with Gasteiger partial charge in [-0.1, -0.05) is 5.92 Å². The summed E-state index contributed by atoms with van der Waals surface area (Å²) in [4.78, 5) is 0. The highest BCUT2D eigenvalue weighted by Gasteiger charge is 2.22. The number of halogens is 3. The molecule has 0 aromatic heterocycles. The zero-order chi connectivity index (χ0) is 8.74. The van der Waals surface area contributed by atoms with Crippen molar-refractivity contribution >= 4 is 11.8 Å². The summed E-state index contributed by atoms with van der Waals surface area (Å²) in [6, 6.07) is 0. The van der Waals surface area contributed by atoms with Crippen LogP contribution in [-0.4, -0.2) is 18.2 Å². The van der Waals surface area contributed by atoms with E-state index in [2.05, 4.69) is 5.92 Å². The summed E-state index contributed by atoms with van der Waals surface area (Å²) in [6.07, 6.45) is -1.35. The van der Waals surface area contributed by atoms with Gasteiger partial charge in [-0.15, -0.1) is 0 Å². The molecule has 0 saturated heterocycles. The highest BCUT2D eigenvalue weighted by molar-refractivity contribution is 7.98. The van der Waals surface area contributed by atoms with Crippen molar-refractivity contribution in [1.82, 2.24) is 0 Å². The highest BCUT2D eigenvalue weighted by Crippen LogP contribution is 2.12. The number of unbranched alkanes of at least 4 members (excludes halogenated alkanes) is 1. The summed E-state index contributed by atoms with van der Waals surface area (Å²) in [6.45, 7) is 0. The van der Waals surface area contributed by atoms with Crippen molar-refractivity contribution in [3.8, 4) is 11.8 Å². The van der Waals surface area contributed by atoms with Gasteiger partial charge in [0.05, 0.1) is 0 Å². The molecule has 0 N–H and O–H groups in total. The third-order valence-electron chi connectivity index (χ3n) is 0.880. The molecule has 0 rings (SSSR count). The van der Waals surface area contributed by atoms with Crippen molar-refractivity contribution in [2.24, 2.45) is 0 Å². The van der Waals surface area contributed by atoms with Crippen molar-refractivity contribution in [2.75, 3.05) is 12.0 Å². The van der Waals surface area contributed by atoms with E-state index in [1.165, 1.54) is 5.92 Å². The standard InChI is InChI=1S/C7H9F3S/c1-11-6-4-2-3-5-7(8,9)10/h2,4,6H2,1H3. The number of rotatable bonds is 3. The first kappa shape index (κ1) is 10.7. The molecule has 0 fully saturated rings. The minimum atomic E-state index is -4.32. The predicted molar refractivity (Wildman–Crippen MR) is 41.4 cm³/mol. The Morgan fingerprint density at radius 1 is 1.36 bits per heavy atom. The molecular formula is C7H9F3S. The van der Waals surface area contributed by atoms with E-state index in [-0.39, 0.29) is 0 Å². The second-order valence-corrected chi connectivity index (χ2v) is 2.88. The van der Waals surface area contributed by atoms with Crippen LogP contribution in [0.25, 0.3) is 0 Å². The molecule has 0 heterocycles. The Labute approximate surface area is 68.5 Å². The largest absolute Gasteiger partial charge is 0.457 e. The molecule has 0 aromatic carbocycles. The molecule has 0 aliphatic heterocycles. The fourth-order valence-electron chi connectivity index (χ4n) is 0.468. The van der Waals surface area contributed by atoms with Crippen LogP contribution in [0.5, 0.6) is 0 Å². The van der Waals surface area contributed by atoms with Gasteiger partial charge in [0.25, 0.3) is 0 Å². The molecule has 64 valence electrons. The maximum absolute atomic E-state index is 11.4. The van der Waals surface area contributed by atoms with Gasteiger partial charge in [-0.05, 0) is 18.4 Å². The summed E-state index contributed by atoms with van der Waals surface area (Å²) in [5.74, 6) is 4.16. The zero-order valence-corrected chi connectivity index (χ0v) is 6.98. The monoisotopic (exact) mass is 182 g/mol. The molecule has 0 atom stereocenters. The van der Waals surface area contributed by atoms with Crippen LogP contribution in [0.1, 0.15) is 12.8 Å². The van der Waals surface area contributed by atoms with Crippen molar-refractivity contribution in [1.29, 1.82) is 0 Å². The molecule has 0 nitrogen and oxygen atoms in total. The Balaban J connectivity index is 3.41. The van der Waals surface area contributed by atoms with Crippen molar-refractivity contribution in [2.45, 2.75) is 19.0 Å². The summed E-state index contributed by atoms with van der Waals surface area (Å²) in [7, 11) is 0. The molecular weight excluding hydrogens is 173 g/mol. The van der Waals surface area contributed by atoms with Crippen LogP contribution < -0.4 is 0 Å². The molecule has 0 amide bonds. The van der Waals surface area contributed by atoms with Crippen LogP contribution in [0.2, 0.25) is 0 Å². The normalized spacial score (nSPS) is 10.5. The van der Waals surface area contributed by atoms with Crippen LogP contribution >= 0.6 is 11.8 Å². The van der Waals surface area contributed by atoms with Gasteiger partial charge in [0.15, 0.2) is 0 Å². The quantitative estimate of drug-likeness (QED) is 0.477. The van der Waals surface area contributed by atoms with Crippen molar-refractivity contribution < 1.29 is 13.2 Å². The maximum atomic E-state index is 11.4. The van der Waals surface area contributed by atoms with E-state index in [4.69, 9.17) is 0 Å². The number of hydrogen-bond acceptors (Lipinski definition) is 1. The lowest BCUT2D eigenvalue weighted by Gasteiger charge is -1.92. The Kier molecular flexibility index (Phi) is 5.22. The summed E-state index contributed by atoms with van der Waals surface area (Å²) >= 11 is 1.61. The first-order valence-electron chi connectivity index (χ1n) is 3.12. The smallest absolute Gasteiger partial charge is 0.165 e. The van der Waals surface area contributed by atoms with Crippen LogP contribution in [0.4, 0.5) is 13.2 Å². The molecule has 0 saturated carbocycles. The molecule has 4 heteroatoms. The van der Waals surface area contributed by atoms with Gasteiger partial charge >= 0.3 is 6.18 Å². The average Bonchev–Trinajstić information content (AvgIpc) is 1.85. The minimum Gasteiger partial charge on any atom is -0.165 e. The SMILES string of the molecule is CSCCCC#CC(F)(F)F. The zero-order valence-electron chi connectivity index (χ0n) is 6.16. The van der Waals surface area contributed by atoms with Gasteiger partial charge in [-0.3, -0.25) is 0 Å². The van der Waals surface area contributed by atoms with Gasteiger partial charge < -0.3 is 0 Å². The Morgan fingerprint density at radius 3 is 2.45 bits per heavy atom. The maximum Gasteiger partial charge on any atom is 0.457 e. The minimum absolute atomic E-state index is 0.334. The van der Waals surface area contributed by atoms with Crippen LogP contribution in [0, 0.1) is 11.8 Å². The van der Waals surface area contributed by atoms with E-state index in [1.54, 1.807) is 11.8 Å². The lowest BCUT2D eigenvalue weighted by molar-refractivity contribution is -0.0697. The molecule has 0 unspecified atom stereocenters. The first-order valence-corrected chi connectivity index (χ1v) is 4.51. The van der Waals surface area contributed by atoms with E-state index in [0.717, 1.165) is 12.2 Å². The third kappa shape index (κ3) is 9.70. The van der Waals surface area contributed by atoms with Gasteiger partial charge in [0.2, 0.25) is 0 Å². The second-order valence-electron chi connectivity index (χ2n) is 1.90. The number of alkyl halides is 3. The Bertz CT molecular complexity index is 151. The van der Waals surface area contributed by atoms with Crippen molar-refractivity contribution in [3.05, 3.63) is 0 Å². The molecule has 0 aromatic rings. The van der Waals surface area contributed by atoms with Gasteiger partial charge in [0, 0.05) is 12.3 Å². The fourth-order valence-corrected chi connectivity index (χ4v) is 0.901. The van der Waals surface area contributed by atoms with Gasteiger partial charge in [-0.25, -0.2) is 0 Å². The highest BCUT2D eigenvalue weighted by atomic mass is 32.2. The molecule has 0 radical (unpaired) electrons. The van der Waals surface area contributed by atoms with Crippen LogP contribution in [0.3, 0.4) is 0 Å². The predicted octanol–water partition coefficient (Wildman–Crippen LogP) is 2.70. The lowest BCUT2D eigenvalue weighted by Crippen LogP contribution is -2.01. The van der Waals surface area contributed by atoms with Crippen LogP contribution in [0.15, 0.2) is 0 Å². The molecule has 0 bridgehead atoms. The molecule has 0 spiro atoms. The lowest BCUT2D eigenvalue weighted by atomic mass is 10.3. The summed E-state index contributed by atoms with van der Waals surface area (Å²) < 4.78 is 34.2. The van der Waals surface area contributed by atoms with E-state index in [9.17, 15) is 13.2 Å². The summed E-state index contributed by atoms with van der Waals surface area (Å²) in [5.41, 5.74) is 0. The van der Waals surface area contributed by atoms with E-state index in [1.807, 2.05) is 6.26 Å². The summed E-state index contributed by atoms with van der Waals surface area (Å²) in [5, 5.41) is 0. The van der Waals surface area contributed by atoms with Gasteiger partial charge in [-0.2, -0.15) is 24.9 Å². The number of hydrogen-bond donors (Lipinski definition) is 0. The molecule has 0 aliphatic rings. The Hall–Kier alpha value is -0.300. The van der Waals surface area contributed by atoms with Crippen LogP contribution in [-0.2, 0) is 0 Å². The number of thioether (sulfide) groups is 1. The van der Waals surface area contributed by atoms with E-state index < -0.39 is 6.18 Å².